The van der Waals surface area contributed by atoms with Crippen molar-refractivity contribution < 1.29 is 23.8 Å². The first-order chi connectivity index (χ1) is 12.6. The number of carbonyl (C=O) groups excluding carboxylic acids is 2. The van der Waals surface area contributed by atoms with Crippen LogP contribution in [0.25, 0.3) is 0 Å². The lowest BCUT2D eigenvalue weighted by atomic mass is 10.2. The van der Waals surface area contributed by atoms with Gasteiger partial charge in [0.1, 0.15) is 11.5 Å². The van der Waals surface area contributed by atoms with E-state index in [1.807, 2.05) is 13.0 Å². The fraction of sp³-hybridized carbons (Fsp3) is 0.211. The highest BCUT2D eigenvalue weighted by molar-refractivity contribution is 5.92. The topological polar surface area (TPSA) is 97.7 Å². The van der Waals surface area contributed by atoms with Crippen LogP contribution >= 0.6 is 0 Å². The third kappa shape index (κ3) is 6.17. The van der Waals surface area contributed by atoms with Crippen LogP contribution in [-0.2, 0) is 14.3 Å². The Morgan fingerprint density at radius 1 is 0.962 bits per heavy atom. The molecule has 0 heterocycles. The van der Waals surface area contributed by atoms with Crippen molar-refractivity contribution in [3.8, 4) is 17.6 Å². The number of nitrogens with one attached hydrogen (secondary N) is 1. The van der Waals surface area contributed by atoms with E-state index >= 15 is 0 Å². The molecule has 134 valence electrons. The molecule has 0 fully saturated rings. The standard InChI is InChI=1S/C19H18N2O5/c1-2-24-16-7-9-17(10-8-16)25-13-19(23)26-12-18(22)21-15-5-3-14(11-20)4-6-15/h3-10H,2,12-13H2,1H3,(H,21,22). The van der Waals surface area contributed by atoms with E-state index in [4.69, 9.17) is 19.5 Å². The molecule has 0 aliphatic carbocycles. The van der Waals surface area contributed by atoms with Gasteiger partial charge in [0.15, 0.2) is 13.2 Å². The molecule has 0 saturated heterocycles. The van der Waals surface area contributed by atoms with Crippen molar-refractivity contribution in [2.75, 3.05) is 25.1 Å². The third-order valence-electron chi connectivity index (χ3n) is 3.15. The van der Waals surface area contributed by atoms with Crippen molar-refractivity contribution in [3.05, 3.63) is 54.1 Å². The molecule has 0 saturated carbocycles. The molecule has 0 unspecified atom stereocenters. The number of hydrogen-bond donors (Lipinski definition) is 1. The van der Waals surface area contributed by atoms with Crippen LogP contribution in [0.5, 0.6) is 11.5 Å². The normalized spacial score (nSPS) is 9.69. The molecule has 1 N–H and O–H groups in total. The number of rotatable bonds is 8. The molecule has 7 nitrogen and oxygen atoms in total. The molecule has 0 aliphatic rings. The van der Waals surface area contributed by atoms with Gasteiger partial charge in [-0.25, -0.2) is 4.79 Å². The zero-order valence-corrected chi connectivity index (χ0v) is 14.2. The molecule has 0 bridgehead atoms. The summed E-state index contributed by atoms with van der Waals surface area (Å²) in [6.07, 6.45) is 0. The average molecular weight is 354 g/mol. The molecule has 0 aromatic heterocycles. The molecule has 2 rings (SSSR count). The second-order valence-electron chi connectivity index (χ2n) is 5.09. The average Bonchev–Trinajstić information content (AvgIpc) is 2.66. The molecule has 2 aromatic carbocycles. The highest BCUT2D eigenvalue weighted by atomic mass is 16.6. The highest BCUT2D eigenvalue weighted by Gasteiger charge is 2.09. The van der Waals surface area contributed by atoms with Crippen molar-refractivity contribution in [2.24, 2.45) is 0 Å². The minimum absolute atomic E-state index is 0.307. The summed E-state index contributed by atoms with van der Waals surface area (Å²) in [6.45, 7) is 1.72. The maximum Gasteiger partial charge on any atom is 0.344 e. The summed E-state index contributed by atoms with van der Waals surface area (Å²) in [5.41, 5.74) is 0.997. The Hall–Kier alpha value is -3.53. The predicted molar refractivity (Wildman–Crippen MR) is 93.9 cm³/mol. The van der Waals surface area contributed by atoms with Crippen molar-refractivity contribution in [2.45, 2.75) is 6.92 Å². The summed E-state index contributed by atoms with van der Waals surface area (Å²) in [4.78, 5) is 23.4. The lowest BCUT2D eigenvalue weighted by Gasteiger charge is -2.08. The van der Waals surface area contributed by atoms with Crippen molar-refractivity contribution >= 4 is 17.6 Å². The van der Waals surface area contributed by atoms with Crippen LogP contribution in [0.4, 0.5) is 5.69 Å². The molecule has 0 aliphatic heterocycles. The Kier molecular flexibility index (Phi) is 7.01. The largest absolute Gasteiger partial charge is 0.494 e. The number of esters is 1. The van der Waals surface area contributed by atoms with Crippen LogP contribution in [0.3, 0.4) is 0 Å². The molecule has 2 aromatic rings. The van der Waals surface area contributed by atoms with Gasteiger partial charge in [-0.05, 0) is 55.5 Å². The first-order valence-electron chi connectivity index (χ1n) is 7.92. The molecule has 26 heavy (non-hydrogen) atoms. The molecule has 0 atom stereocenters. The third-order valence-corrected chi connectivity index (χ3v) is 3.15. The van der Waals surface area contributed by atoms with Gasteiger partial charge in [0, 0.05) is 5.69 Å². The summed E-state index contributed by atoms with van der Waals surface area (Å²) in [6, 6.07) is 15.1. The Morgan fingerprint density at radius 3 is 2.15 bits per heavy atom. The van der Waals surface area contributed by atoms with Gasteiger partial charge in [-0.1, -0.05) is 0 Å². The number of amides is 1. The minimum atomic E-state index is -0.658. The predicted octanol–water partition coefficient (Wildman–Crippen LogP) is 2.52. The molecule has 0 spiro atoms. The zero-order chi connectivity index (χ0) is 18.8. The van der Waals surface area contributed by atoms with E-state index in [2.05, 4.69) is 5.32 Å². The van der Waals surface area contributed by atoms with E-state index in [0.717, 1.165) is 0 Å². The molecule has 7 heteroatoms. The van der Waals surface area contributed by atoms with Crippen LogP contribution in [0.15, 0.2) is 48.5 Å². The summed E-state index contributed by atoms with van der Waals surface area (Å²) >= 11 is 0. The van der Waals surface area contributed by atoms with Gasteiger partial charge in [-0.15, -0.1) is 0 Å². The fourth-order valence-electron chi connectivity index (χ4n) is 1.95. The van der Waals surface area contributed by atoms with Gasteiger partial charge >= 0.3 is 5.97 Å². The van der Waals surface area contributed by atoms with Crippen molar-refractivity contribution in [1.29, 1.82) is 5.26 Å². The maximum absolute atomic E-state index is 11.7. The molecule has 0 radical (unpaired) electrons. The maximum atomic E-state index is 11.7. The minimum Gasteiger partial charge on any atom is -0.494 e. The highest BCUT2D eigenvalue weighted by Crippen LogP contribution is 2.17. The van der Waals surface area contributed by atoms with Gasteiger partial charge in [0.05, 0.1) is 18.2 Å². The van der Waals surface area contributed by atoms with E-state index in [1.54, 1.807) is 48.5 Å². The lowest BCUT2D eigenvalue weighted by Crippen LogP contribution is -2.23. The number of anilines is 1. The van der Waals surface area contributed by atoms with Crippen LogP contribution in [-0.4, -0.2) is 31.7 Å². The van der Waals surface area contributed by atoms with E-state index in [0.29, 0.717) is 29.4 Å². The van der Waals surface area contributed by atoms with Gasteiger partial charge in [-0.3, -0.25) is 4.79 Å². The second kappa shape index (κ2) is 9.69. The Labute approximate surface area is 151 Å². The molecular weight excluding hydrogens is 336 g/mol. The first kappa shape index (κ1) is 18.8. The van der Waals surface area contributed by atoms with E-state index in [9.17, 15) is 9.59 Å². The summed E-state index contributed by atoms with van der Waals surface area (Å²) in [5.74, 6) is 0.0623. The van der Waals surface area contributed by atoms with E-state index in [1.165, 1.54) is 0 Å². The number of carbonyl (C=O) groups is 2. The lowest BCUT2D eigenvalue weighted by molar-refractivity contribution is -0.149. The van der Waals surface area contributed by atoms with Crippen LogP contribution in [0.1, 0.15) is 12.5 Å². The van der Waals surface area contributed by atoms with Crippen LogP contribution in [0, 0.1) is 11.3 Å². The SMILES string of the molecule is CCOc1ccc(OCC(=O)OCC(=O)Nc2ccc(C#N)cc2)cc1. The quantitative estimate of drug-likeness (QED) is 0.732. The Balaban J connectivity index is 1.70. The molecule has 1 amide bonds. The number of ether oxygens (including phenoxy) is 3. The monoisotopic (exact) mass is 354 g/mol. The Bertz CT molecular complexity index is 779. The first-order valence-corrected chi connectivity index (χ1v) is 7.92. The van der Waals surface area contributed by atoms with Crippen LogP contribution < -0.4 is 14.8 Å². The van der Waals surface area contributed by atoms with Gasteiger partial charge in [-0.2, -0.15) is 5.26 Å². The van der Waals surface area contributed by atoms with Crippen molar-refractivity contribution in [3.63, 3.8) is 0 Å². The number of nitriles is 1. The molecular formula is C19H18N2O5. The Morgan fingerprint density at radius 2 is 1.58 bits per heavy atom. The summed E-state index contributed by atoms with van der Waals surface area (Å²) in [7, 11) is 0. The van der Waals surface area contributed by atoms with E-state index < -0.39 is 18.5 Å². The summed E-state index contributed by atoms with van der Waals surface area (Å²) < 4.78 is 15.4. The number of hydrogen-bond acceptors (Lipinski definition) is 6. The second-order valence-corrected chi connectivity index (χ2v) is 5.09. The van der Waals surface area contributed by atoms with E-state index in [-0.39, 0.29) is 6.61 Å². The number of nitrogens with zero attached hydrogens (tertiary/aromatic N) is 1. The number of benzene rings is 2. The fourth-order valence-corrected chi connectivity index (χ4v) is 1.95. The van der Waals surface area contributed by atoms with Gasteiger partial charge in [0.25, 0.3) is 5.91 Å². The smallest absolute Gasteiger partial charge is 0.344 e. The van der Waals surface area contributed by atoms with Crippen molar-refractivity contribution in [1.82, 2.24) is 0 Å². The van der Waals surface area contributed by atoms with Gasteiger partial charge < -0.3 is 19.5 Å². The van der Waals surface area contributed by atoms with Crippen LogP contribution in [0.2, 0.25) is 0 Å². The zero-order valence-electron chi connectivity index (χ0n) is 14.2. The summed E-state index contributed by atoms with van der Waals surface area (Å²) in [5, 5.41) is 11.3. The van der Waals surface area contributed by atoms with Gasteiger partial charge in [0.2, 0.25) is 0 Å².